The Morgan fingerprint density at radius 3 is 2.46 bits per heavy atom. The lowest BCUT2D eigenvalue weighted by Gasteiger charge is -2.26. The molecule has 1 aliphatic rings. The number of hydrogen-bond donors (Lipinski definition) is 0. The lowest BCUT2D eigenvalue weighted by molar-refractivity contribution is -0.136. The number of carbonyl (C=O) groups is 1. The third-order valence-electron chi connectivity index (χ3n) is 6.39. The van der Waals surface area contributed by atoms with Gasteiger partial charge in [0, 0.05) is 36.2 Å². The molecule has 0 saturated carbocycles. The highest BCUT2D eigenvalue weighted by Crippen LogP contribution is 2.37. The molecule has 0 unspecified atom stereocenters. The number of hydrogen-bond acceptors (Lipinski definition) is 6. The average molecular weight is 502 g/mol. The first kappa shape index (κ1) is 26.3. The number of ether oxygens (including phenoxy) is 4. The molecular formula is C31H35NO5. The molecule has 0 bridgehead atoms. The van der Waals surface area contributed by atoms with E-state index in [9.17, 15) is 4.79 Å². The Labute approximate surface area is 219 Å². The molecule has 6 heteroatoms. The van der Waals surface area contributed by atoms with Crippen molar-refractivity contribution in [3.8, 4) is 22.6 Å². The second-order valence-electron chi connectivity index (χ2n) is 8.88. The van der Waals surface area contributed by atoms with Crippen molar-refractivity contribution in [1.29, 1.82) is 0 Å². The van der Waals surface area contributed by atoms with Gasteiger partial charge in [0.15, 0.2) is 0 Å². The Balaban J connectivity index is 1.58. The zero-order chi connectivity index (χ0) is 26.0. The zero-order valence-electron chi connectivity index (χ0n) is 21.9. The van der Waals surface area contributed by atoms with Crippen LogP contribution in [0, 0.1) is 0 Å². The van der Waals surface area contributed by atoms with Crippen LogP contribution in [0.3, 0.4) is 0 Å². The molecule has 0 fully saturated rings. The lowest BCUT2D eigenvalue weighted by atomic mass is 10.00. The minimum atomic E-state index is -0.302. The molecule has 6 nitrogen and oxygen atoms in total. The summed E-state index contributed by atoms with van der Waals surface area (Å²) in [7, 11) is 3.09. The van der Waals surface area contributed by atoms with E-state index < -0.39 is 0 Å². The van der Waals surface area contributed by atoms with E-state index in [4.69, 9.17) is 18.9 Å². The van der Waals surface area contributed by atoms with Gasteiger partial charge in [-0.1, -0.05) is 37.6 Å². The second kappa shape index (κ2) is 13.0. The van der Waals surface area contributed by atoms with Crippen LogP contribution in [0.1, 0.15) is 31.7 Å². The molecule has 1 heterocycles. The topological polar surface area (TPSA) is 57.2 Å². The number of unbranched alkanes of at least 4 members (excludes halogenated alkanes) is 1. The Kier molecular flexibility index (Phi) is 9.22. The Bertz CT molecular complexity index is 1220. The molecule has 0 amide bonds. The smallest absolute Gasteiger partial charge is 0.333 e. The van der Waals surface area contributed by atoms with Crippen molar-refractivity contribution < 1.29 is 23.7 Å². The quantitative estimate of drug-likeness (QED) is 0.216. The van der Waals surface area contributed by atoms with Crippen LogP contribution in [0.5, 0.6) is 11.5 Å². The van der Waals surface area contributed by atoms with Crippen molar-refractivity contribution in [2.24, 2.45) is 0 Å². The molecule has 0 N–H and O–H groups in total. The number of carbonyl (C=O) groups excluding carboxylic acids is 1. The Morgan fingerprint density at radius 1 is 0.892 bits per heavy atom. The second-order valence-corrected chi connectivity index (χ2v) is 8.88. The summed E-state index contributed by atoms with van der Waals surface area (Å²) in [5, 5.41) is 0. The van der Waals surface area contributed by atoms with Crippen molar-refractivity contribution in [3.63, 3.8) is 0 Å². The fraction of sp³-hybridized carbons (Fsp3) is 0.323. The molecule has 3 aromatic rings. The van der Waals surface area contributed by atoms with Gasteiger partial charge in [0.2, 0.25) is 0 Å². The molecule has 37 heavy (non-hydrogen) atoms. The molecule has 0 radical (unpaired) electrons. The first-order valence-electron chi connectivity index (χ1n) is 12.8. The number of esters is 1. The number of methoxy groups -OCH3 is 2. The minimum absolute atomic E-state index is 0.302. The van der Waals surface area contributed by atoms with E-state index in [0.717, 1.165) is 59.0 Å². The fourth-order valence-electron chi connectivity index (χ4n) is 4.36. The highest BCUT2D eigenvalue weighted by atomic mass is 16.5. The van der Waals surface area contributed by atoms with E-state index in [2.05, 4.69) is 48.2 Å². The molecule has 0 atom stereocenters. The van der Waals surface area contributed by atoms with Gasteiger partial charge >= 0.3 is 5.97 Å². The molecule has 3 aromatic carbocycles. The van der Waals surface area contributed by atoms with Crippen LogP contribution < -0.4 is 14.4 Å². The van der Waals surface area contributed by atoms with Gasteiger partial charge in [-0.15, -0.1) is 0 Å². The molecule has 1 aliphatic heterocycles. The summed E-state index contributed by atoms with van der Waals surface area (Å²) >= 11 is 0. The number of nitrogens with zero attached hydrogens (tertiary/aromatic N) is 1. The lowest BCUT2D eigenvalue weighted by Crippen LogP contribution is -2.19. The van der Waals surface area contributed by atoms with Gasteiger partial charge in [0.1, 0.15) is 18.1 Å². The summed E-state index contributed by atoms with van der Waals surface area (Å²) in [6.45, 7) is 4.69. The van der Waals surface area contributed by atoms with E-state index >= 15 is 0 Å². The van der Waals surface area contributed by atoms with Crippen molar-refractivity contribution >= 4 is 23.4 Å². The maximum atomic E-state index is 12.5. The average Bonchev–Trinajstić information content (AvgIpc) is 3.14. The standard InChI is InChI=1S/C31H35NO5/c1-4-5-17-36-18-19-37-28-12-9-23(10-13-28)24-11-14-30-26(20-24)21-25(31(33)35-3)15-16-32(30)27-7-6-8-29(22-27)34-2/h6-14,20-22H,4-5,15-19H2,1-3H3. The van der Waals surface area contributed by atoms with Gasteiger partial charge in [0.25, 0.3) is 0 Å². The fourth-order valence-corrected chi connectivity index (χ4v) is 4.36. The van der Waals surface area contributed by atoms with Crippen LogP contribution in [-0.4, -0.2) is 46.6 Å². The van der Waals surface area contributed by atoms with E-state index in [0.29, 0.717) is 31.8 Å². The predicted molar refractivity (Wildman–Crippen MR) is 148 cm³/mol. The van der Waals surface area contributed by atoms with Crippen LogP contribution in [0.15, 0.2) is 72.3 Å². The van der Waals surface area contributed by atoms with Crippen LogP contribution in [0.4, 0.5) is 11.4 Å². The SMILES string of the molecule is CCCCOCCOc1ccc(-c2ccc3c(c2)C=C(C(=O)OC)CCN3c2cccc(OC)c2)cc1. The Hall–Kier alpha value is -3.77. The van der Waals surface area contributed by atoms with Gasteiger partial charge in [-0.3, -0.25) is 0 Å². The summed E-state index contributed by atoms with van der Waals surface area (Å²) in [6, 6.07) is 22.4. The van der Waals surface area contributed by atoms with Gasteiger partial charge < -0.3 is 23.8 Å². The summed E-state index contributed by atoms with van der Waals surface area (Å²) in [5.74, 6) is 1.30. The monoisotopic (exact) mass is 501 g/mol. The largest absolute Gasteiger partial charge is 0.497 e. The zero-order valence-corrected chi connectivity index (χ0v) is 21.9. The summed E-state index contributed by atoms with van der Waals surface area (Å²) in [5.41, 5.74) is 5.77. The number of anilines is 2. The van der Waals surface area contributed by atoms with Crippen LogP contribution in [0.25, 0.3) is 17.2 Å². The van der Waals surface area contributed by atoms with Crippen LogP contribution in [-0.2, 0) is 14.3 Å². The highest BCUT2D eigenvalue weighted by Gasteiger charge is 2.22. The molecule has 4 rings (SSSR count). The van der Waals surface area contributed by atoms with Gasteiger partial charge in [0.05, 0.1) is 20.8 Å². The predicted octanol–water partition coefficient (Wildman–Crippen LogP) is 6.66. The summed E-state index contributed by atoms with van der Waals surface area (Å²) in [6.07, 6.45) is 4.72. The van der Waals surface area contributed by atoms with Crippen LogP contribution >= 0.6 is 0 Å². The summed E-state index contributed by atoms with van der Waals surface area (Å²) < 4.78 is 21.9. The third-order valence-corrected chi connectivity index (χ3v) is 6.39. The molecule has 194 valence electrons. The first-order valence-corrected chi connectivity index (χ1v) is 12.8. The van der Waals surface area contributed by atoms with Gasteiger partial charge in [-0.25, -0.2) is 4.79 Å². The van der Waals surface area contributed by atoms with Crippen molar-refractivity contribution in [3.05, 3.63) is 77.9 Å². The number of rotatable bonds is 11. The molecule has 0 aromatic heterocycles. The molecular weight excluding hydrogens is 466 g/mol. The molecule has 0 spiro atoms. The van der Waals surface area contributed by atoms with Gasteiger partial charge in [-0.05, 0) is 72.0 Å². The minimum Gasteiger partial charge on any atom is -0.497 e. The van der Waals surface area contributed by atoms with Crippen molar-refractivity contribution in [2.75, 3.05) is 45.5 Å². The van der Waals surface area contributed by atoms with Crippen LogP contribution in [0.2, 0.25) is 0 Å². The van der Waals surface area contributed by atoms with Gasteiger partial charge in [-0.2, -0.15) is 0 Å². The number of fused-ring (bicyclic) bond motifs is 1. The summed E-state index contributed by atoms with van der Waals surface area (Å²) in [4.78, 5) is 14.7. The number of benzene rings is 3. The van der Waals surface area contributed by atoms with Crippen molar-refractivity contribution in [1.82, 2.24) is 0 Å². The van der Waals surface area contributed by atoms with E-state index in [-0.39, 0.29) is 5.97 Å². The maximum Gasteiger partial charge on any atom is 0.333 e. The van der Waals surface area contributed by atoms with E-state index in [1.807, 2.05) is 36.4 Å². The Morgan fingerprint density at radius 2 is 1.70 bits per heavy atom. The van der Waals surface area contributed by atoms with E-state index in [1.165, 1.54) is 7.11 Å². The third kappa shape index (κ3) is 6.71. The highest BCUT2D eigenvalue weighted by molar-refractivity contribution is 5.96. The normalized spacial score (nSPS) is 12.8. The maximum absolute atomic E-state index is 12.5. The van der Waals surface area contributed by atoms with E-state index in [1.54, 1.807) is 7.11 Å². The molecule has 0 saturated heterocycles. The molecule has 0 aliphatic carbocycles. The van der Waals surface area contributed by atoms with Crippen molar-refractivity contribution in [2.45, 2.75) is 26.2 Å². The first-order chi connectivity index (χ1) is 18.1.